The van der Waals surface area contributed by atoms with Gasteiger partial charge in [-0.2, -0.15) is 13.2 Å². The van der Waals surface area contributed by atoms with Crippen molar-refractivity contribution in [3.8, 4) is 5.75 Å². The van der Waals surface area contributed by atoms with Gasteiger partial charge in [0.05, 0.1) is 18.1 Å². The lowest BCUT2D eigenvalue weighted by molar-refractivity contribution is -0.137. The summed E-state index contributed by atoms with van der Waals surface area (Å²) in [5.41, 5.74) is -0.154. The average Bonchev–Trinajstić information content (AvgIpc) is 3.04. The number of carbonyl (C=O) groups is 2. The molecule has 2 aromatic carbocycles. The maximum absolute atomic E-state index is 12.8. The third-order valence-electron chi connectivity index (χ3n) is 4.41. The second-order valence-corrected chi connectivity index (χ2v) is 6.40. The van der Waals surface area contributed by atoms with Crippen LogP contribution in [0.3, 0.4) is 0 Å². The van der Waals surface area contributed by atoms with Crippen LogP contribution in [0.25, 0.3) is 0 Å². The summed E-state index contributed by atoms with van der Waals surface area (Å²) in [6.45, 7) is 2.56. The molecule has 0 aliphatic carbocycles. The molecule has 1 heterocycles. The van der Waals surface area contributed by atoms with Crippen LogP contribution in [0.4, 0.5) is 24.5 Å². The Hall–Kier alpha value is -3.03. The van der Waals surface area contributed by atoms with E-state index in [0.717, 1.165) is 12.1 Å². The van der Waals surface area contributed by atoms with Crippen molar-refractivity contribution >= 4 is 23.2 Å². The SMILES string of the molecule is CCOc1ccc(N2CC(C(=O)Nc3cccc(C(F)(F)F)c3)CC2=O)cc1. The number of anilines is 2. The summed E-state index contributed by atoms with van der Waals surface area (Å²) in [5.74, 6) is -0.667. The monoisotopic (exact) mass is 392 g/mol. The van der Waals surface area contributed by atoms with E-state index in [1.807, 2.05) is 6.92 Å². The average molecular weight is 392 g/mol. The smallest absolute Gasteiger partial charge is 0.416 e. The van der Waals surface area contributed by atoms with Gasteiger partial charge in [0.1, 0.15) is 5.75 Å². The molecule has 2 aromatic rings. The van der Waals surface area contributed by atoms with Gasteiger partial charge in [0.2, 0.25) is 11.8 Å². The van der Waals surface area contributed by atoms with Crippen LogP contribution in [0.2, 0.25) is 0 Å². The Morgan fingerprint density at radius 2 is 1.93 bits per heavy atom. The molecule has 28 heavy (non-hydrogen) atoms. The van der Waals surface area contributed by atoms with Crippen molar-refractivity contribution < 1.29 is 27.5 Å². The Morgan fingerprint density at radius 3 is 2.57 bits per heavy atom. The molecule has 148 valence electrons. The molecule has 1 N–H and O–H groups in total. The van der Waals surface area contributed by atoms with E-state index < -0.39 is 23.6 Å². The molecule has 0 bridgehead atoms. The predicted molar refractivity (Wildman–Crippen MR) is 98.1 cm³/mol. The summed E-state index contributed by atoms with van der Waals surface area (Å²) in [4.78, 5) is 26.2. The highest BCUT2D eigenvalue weighted by molar-refractivity contribution is 6.03. The Kier molecular flexibility index (Phi) is 5.58. The van der Waals surface area contributed by atoms with Crippen LogP contribution in [0.15, 0.2) is 48.5 Å². The van der Waals surface area contributed by atoms with Crippen molar-refractivity contribution in [1.82, 2.24) is 0 Å². The zero-order valence-electron chi connectivity index (χ0n) is 15.1. The predicted octanol–water partition coefficient (Wildman–Crippen LogP) is 4.10. The fourth-order valence-corrected chi connectivity index (χ4v) is 3.04. The first kappa shape index (κ1) is 19.7. The van der Waals surface area contributed by atoms with Crippen LogP contribution in [-0.4, -0.2) is 25.0 Å². The fourth-order valence-electron chi connectivity index (χ4n) is 3.04. The number of hydrogen-bond acceptors (Lipinski definition) is 3. The number of ether oxygens (including phenoxy) is 1. The van der Waals surface area contributed by atoms with Gasteiger partial charge in [0, 0.05) is 24.3 Å². The van der Waals surface area contributed by atoms with Crippen molar-refractivity contribution in [2.45, 2.75) is 19.5 Å². The number of nitrogens with one attached hydrogen (secondary N) is 1. The van der Waals surface area contributed by atoms with Gasteiger partial charge >= 0.3 is 6.18 Å². The van der Waals surface area contributed by atoms with E-state index in [0.29, 0.717) is 18.0 Å². The van der Waals surface area contributed by atoms with Crippen LogP contribution in [-0.2, 0) is 15.8 Å². The van der Waals surface area contributed by atoms with Crippen molar-refractivity contribution in [3.63, 3.8) is 0 Å². The lowest BCUT2D eigenvalue weighted by atomic mass is 10.1. The molecule has 5 nitrogen and oxygen atoms in total. The second kappa shape index (κ2) is 7.92. The largest absolute Gasteiger partial charge is 0.494 e. The second-order valence-electron chi connectivity index (χ2n) is 6.40. The van der Waals surface area contributed by atoms with Crippen LogP contribution < -0.4 is 15.0 Å². The van der Waals surface area contributed by atoms with Crippen LogP contribution in [0.5, 0.6) is 5.75 Å². The third kappa shape index (κ3) is 4.44. The Balaban J connectivity index is 1.67. The third-order valence-corrected chi connectivity index (χ3v) is 4.41. The number of halogens is 3. The lowest BCUT2D eigenvalue weighted by Crippen LogP contribution is -2.28. The maximum atomic E-state index is 12.8. The highest BCUT2D eigenvalue weighted by Gasteiger charge is 2.35. The number of amides is 2. The van der Waals surface area contributed by atoms with Gasteiger partial charge in [0.15, 0.2) is 0 Å². The van der Waals surface area contributed by atoms with E-state index in [-0.39, 0.29) is 24.6 Å². The zero-order valence-corrected chi connectivity index (χ0v) is 15.1. The maximum Gasteiger partial charge on any atom is 0.416 e. The first-order valence-corrected chi connectivity index (χ1v) is 8.79. The Labute approximate surface area is 160 Å². The van der Waals surface area contributed by atoms with Crippen molar-refractivity contribution in [3.05, 3.63) is 54.1 Å². The van der Waals surface area contributed by atoms with E-state index in [4.69, 9.17) is 4.74 Å². The fraction of sp³-hybridized carbons (Fsp3) is 0.300. The van der Waals surface area contributed by atoms with Gasteiger partial charge in [0.25, 0.3) is 0 Å². The first-order chi connectivity index (χ1) is 13.3. The number of hydrogen-bond donors (Lipinski definition) is 1. The summed E-state index contributed by atoms with van der Waals surface area (Å²) in [5, 5.41) is 2.48. The van der Waals surface area contributed by atoms with Crippen molar-refractivity contribution in [2.75, 3.05) is 23.4 Å². The van der Waals surface area contributed by atoms with E-state index in [1.165, 1.54) is 17.0 Å². The molecule has 0 saturated carbocycles. The molecule has 2 amide bonds. The van der Waals surface area contributed by atoms with Crippen LogP contribution >= 0.6 is 0 Å². The summed E-state index contributed by atoms with van der Waals surface area (Å²) in [7, 11) is 0. The number of rotatable bonds is 5. The van der Waals surface area contributed by atoms with Gasteiger partial charge in [-0.1, -0.05) is 6.07 Å². The number of nitrogens with zero attached hydrogens (tertiary/aromatic N) is 1. The minimum Gasteiger partial charge on any atom is -0.494 e. The highest BCUT2D eigenvalue weighted by atomic mass is 19.4. The Bertz CT molecular complexity index is 866. The van der Waals surface area contributed by atoms with Gasteiger partial charge in [-0.3, -0.25) is 9.59 Å². The first-order valence-electron chi connectivity index (χ1n) is 8.79. The minimum absolute atomic E-state index is 0.00198. The number of carbonyl (C=O) groups excluding carboxylic acids is 2. The topological polar surface area (TPSA) is 58.6 Å². The molecule has 1 saturated heterocycles. The summed E-state index contributed by atoms with van der Waals surface area (Å²) < 4.78 is 43.8. The molecule has 3 rings (SSSR count). The molecule has 0 spiro atoms. The highest BCUT2D eigenvalue weighted by Crippen LogP contribution is 2.31. The molecule has 0 radical (unpaired) electrons. The van der Waals surface area contributed by atoms with Crippen LogP contribution in [0.1, 0.15) is 18.9 Å². The zero-order chi connectivity index (χ0) is 20.3. The van der Waals surface area contributed by atoms with E-state index in [9.17, 15) is 22.8 Å². The van der Waals surface area contributed by atoms with Crippen LogP contribution in [0, 0.1) is 5.92 Å². The summed E-state index contributed by atoms with van der Waals surface area (Å²) >= 11 is 0. The molecule has 1 unspecified atom stereocenters. The van der Waals surface area contributed by atoms with E-state index in [2.05, 4.69) is 5.32 Å². The molecule has 1 aliphatic rings. The van der Waals surface area contributed by atoms with Crippen molar-refractivity contribution in [2.24, 2.45) is 5.92 Å². The quantitative estimate of drug-likeness (QED) is 0.834. The van der Waals surface area contributed by atoms with Gasteiger partial charge in [-0.15, -0.1) is 0 Å². The molecule has 1 aliphatic heterocycles. The normalized spacial score (nSPS) is 16.9. The van der Waals surface area contributed by atoms with E-state index >= 15 is 0 Å². The molecule has 8 heteroatoms. The molecular formula is C20H19F3N2O3. The molecule has 1 fully saturated rings. The molecular weight excluding hydrogens is 373 g/mol. The summed E-state index contributed by atoms with van der Waals surface area (Å²) in [6, 6.07) is 11.4. The molecule has 1 atom stereocenters. The minimum atomic E-state index is -4.49. The summed E-state index contributed by atoms with van der Waals surface area (Å²) in [6.07, 6.45) is -4.49. The van der Waals surface area contributed by atoms with Gasteiger partial charge in [-0.25, -0.2) is 0 Å². The standard InChI is InChI=1S/C20H19F3N2O3/c1-2-28-17-8-6-16(7-9-17)25-12-13(10-18(25)26)19(27)24-15-5-3-4-14(11-15)20(21,22)23/h3-9,11,13H,2,10,12H2,1H3,(H,24,27). The van der Waals surface area contributed by atoms with Gasteiger partial charge < -0.3 is 15.0 Å². The molecule has 0 aromatic heterocycles. The van der Waals surface area contributed by atoms with Gasteiger partial charge in [-0.05, 0) is 49.4 Å². The van der Waals surface area contributed by atoms with Crippen molar-refractivity contribution in [1.29, 1.82) is 0 Å². The number of alkyl halides is 3. The van der Waals surface area contributed by atoms with E-state index in [1.54, 1.807) is 24.3 Å². The Morgan fingerprint density at radius 1 is 1.21 bits per heavy atom. The number of benzene rings is 2. The lowest BCUT2D eigenvalue weighted by Gasteiger charge is -2.17.